The molecule has 48 heavy (non-hydrogen) atoms. The van der Waals surface area contributed by atoms with Gasteiger partial charge in [0.15, 0.2) is 18.1 Å². The van der Waals surface area contributed by atoms with Gasteiger partial charge in [0, 0.05) is 26.2 Å². The number of rotatable bonds is 8. The molecule has 2 bridgehead atoms. The fraction of sp³-hybridized carbons (Fsp3) is 0.333. The fourth-order valence-corrected chi connectivity index (χ4v) is 11.6. The highest BCUT2D eigenvalue weighted by atomic mass is 79.9. The number of nitrogens with one attached hydrogen (secondary N) is 2. The first-order valence-corrected chi connectivity index (χ1v) is 18.5. The molecule has 2 N–H and O–H groups in total. The Morgan fingerprint density at radius 3 is 2.50 bits per heavy atom. The van der Waals surface area contributed by atoms with E-state index >= 15 is 0 Å². The van der Waals surface area contributed by atoms with Gasteiger partial charge in [-0.2, -0.15) is 0 Å². The molecule has 4 unspecified atom stereocenters. The minimum absolute atomic E-state index is 0.0125. The van der Waals surface area contributed by atoms with Gasteiger partial charge in [-0.05, 0) is 97.7 Å². The first kappa shape index (κ1) is 31.4. The number of anilines is 2. The molecule has 2 aliphatic heterocycles. The number of amides is 3. The SMILES string of the molecule is CCOc1cc([C@H]2c3sc(=O)[nH]c3SC3C2[C@H]2C[C@@H]3C3C(=O)N(c4ccc(Br)cc4)C(=O)C32)ccc1OCC(=O)Nc1cccc(C)c1. The molecular weight excluding hydrogens is 714 g/mol. The first-order valence-electron chi connectivity index (χ1n) is 16.0. The minimum Gasteiger partial charge on any atom is -0.490 e. The van der Waals surface area contributed by atoms with Crippen LogP contribution in [0.15, 0.2) is 81.0 Å². The highest BCUT2D eigenvalue weighted by Crippen LogP contribution is 2.68. The van der Waals surface area contributed by atoms with Gasteiger partial charge >= 0.3 is 4.87 Å². The van der Waals surface area contributed by atoms with Crippen LogP contribution in [0.4, 0.5) is 11.4 Å². The average molecular weight is 747 g/mol. The van der Waals surface area contributed by atoms with Crippen molar-refractivity contribution in [3.63, 3.8) is 0 Å². The number of imide groups is 1. The summed E-state index contributed by atoms with van der Waals surface area (Å²) in [5.41, 5.74) is 3.29. The number of hydrogen-bond acceptors (Lipinski definition) is 8. The third-order valence-electron chi connectivity index (χ3n) is 10.1. The van der Waals surface area contributed by atoms with E-state index in [0.29, 0.717) is 29.5 Å². The molecule has 3 heterocycles. The number of halogens is 1. The lowest BCUT2D eigenvalue weighted by molar-refractivity contribution is -0.123. The Hall–Kier alpha value is -3.87. The van der Waals surface area contributed by atoms with Gasteiger partial charge in [0.2, 0.25) is 11.8 Å². The first-order chi connectivity index (χ1) is 23.2. The molecule has 1 saturated heterocycles. The fourth-order valence-electron chi connectivity index (χ4n) is 8.40. The van der Waals surface area contributed by atoms with Crippen molar-refractivity contribution in [3.8, 4) is 11.5 Å². The Morgan fingerprint density at radius 1 is 0.979 bits per heavy atom. The summed E-state index contributed by atoms with van der Waals surface area (Å²) in [7, 11) is 0. The van der Waals surface area contributed by atoms with Crippen molar-refractivity contribution >= 4 is 68.1 Å². The number of benzene rings is 3. The second-order valence-corrected chi connectivity index (χ2v) is 15.9. The van der Waals surface area contributed by atoms with Crippen molar-refractivity contribution in [1.29, 1.82) is 0 Å². The van der Waals surface area contributed by atoms with Gasteiger partial charge in [-0.1, -0.05) is 45.5 Å². The monoisotopic (exact) mass is 745 g/mol. The second kappa shape index (κ2) is 12.2. The number of aromatic nitrogens is 1. The van der Waals surface area contributed by atoms with E-state index in [1.807, 2.05) is 68.4 Å². The quantitative estimate of drug-likeness (QED) is 0.195. The largest absolute Gasteiger partial charge is 0.490 e. The van der Waals surface area contributed by atoms with Crippen LogP contribution in [0, 0.1) is 36.5 Å². The average Bonchev–Trinajstić information content (AvgIpc) is 3.80. The third-order valence-corrected chi connectivity index (χ3v) is 13.2. The zero-order valence-electron chi connectivity index (χ0n) is 26.1. The number of aryl methyl sites for hydroxylation is 1. The van der Waals surface area contributed by atoms with Crippen molar-refractivity contribution in [2.45, 2.75) is 36.5 Å². The van der Waals surface area contributed by atoms with Crippen LogP contribution in [0.5, 0.6) is 11.5 Å². The topological polar surface area (TPSA) is 118 Å². The number of nitrogens with zero attached hydrogens (tertiary/aromatic N) is 1. The molecule has 3 amide bonds. The third kappa shape index (κ3) is 5.19. The number of aromatic amines is 1. The van der Waals surface area contributed by atoms with Crippen molar-refractivity contribution in [2.24, 2.45) is 29.6 Å². The molecule has 1 aromatic heterocycles. The molecule has 0 spiro atoms. The Morgan fingerprint density at radius 2 is 1.75 bits per heavy atom. The lowest BCUT2D eigenvalue weighted by Gasteiger charge is -2.43. The molecule has 7 atom stereocenters. The molecule has 3 fully saturated rings. The maximum Gasteiger partial charge on any atom is 0.305 e. The molecule has 0 radical (unpaired) electrons. The van der Waals surface area contributed by atoms with Crippen LogP contribution in [0.1, 0.15) is 35.3 Å². The van der Waals surface area contributed by atoms with Crippen molar-refractivity contribution < 1.29 is 23.9 Å². The molecule has 2 aliphatic carbocycles. The van der Waals surface area contributed by atoms with Crippen LogP contribution in [-0.4, -0.2) is 41.2 Å². The van der Waals surface area contributed by atoms with Crippen molar-refractivity contribution in [3.05, 3.63) is 96.9 Å². The summed E-state index contributed by atoms with van der Waals surface area (Å²) in [5.74, 6) is -0.465. The van der Waals surface area contributed by atoms with E-state index in [1.165, 1.54) is 16.2 Å². The minimum atomic E-state index is -0.395. The highest BCUT2D eigenvalue weighted by Gasteiger charge is 2.69. The summed E-state index contributed by atoms with van der Waals surface area (Å²) in [6.07, 6.45) is 0.800. The van der Waals surface area contributed by atoms with E-state index in [2.05, 4.69) is 26.2 Å². The van der Waals surface area contributed by atoms with Gasteiger partial charge in [-0.25, -0.2) is 0 Å². The van der Waals surface area contributed by atoms with Crippen molar-refractivity contribution in [1.82, 2.24) is 4.98 Å². The van der Waals surface area contributed by atoms with Crippen LogP contribution in [0.25, 0.3) is 0 Å². The van der Waals surface area contributed by atoms with Crippen LogP contribution >= 0.6 is 39.0 Å². The highest BCUT2D eigenvalue weighted by molar-refractivity contribution is 9.10. The maximum atomic E-state index is 14.0. The Kier molecular flexibility index (Phi) is 8.00. The van der Waals surface area contributed by atoms with Crippen molar-refractivity contribution in [2.75, 3.05) is 23.4 Å². The van der Waals surface area contributed by atoms with E-state index in [0.717, 1.165) is 31.9 Å². The standard InChI is InChI=1S/C36H32BrN3O6S2/c1-3-45-25-14-18(7-12-24(25)46-16-26(41)38-20-6-4-5-17(2)13-20)27-28-22-15-23(31(28)47-33-32(27)48-36(44)39-33)30-29(22)34(42)40(35(30)43)21-10-8-19(37)9-11-21/h4-14,22-23,27-31H,3,15-16H2,1-2H3,(H,38,41)(H,39,44)/t22-,23-,27-,28?,29?,30?,31?/m1/s1. The number of carbonyl (C=O) groups is 3. The Balaban J connectivity index is 1.10. The molecule has 8 rings (SSSR count). The zero-order chi connectivity index (χ0) is 33.3. The number of carbonyl (C=O) groups excluding carboxylic acids is 3. The lowest BCUT2D eigenvalue weighted by Crippen LogP contribution is -2.42. The van der Waals surface area contributed by atoms with Gasteiger partial charge in [0.05, 0.1) is 29.2 Å². The lowest BCUT2D eigenvalue weighted by atomic mass is 9.68. The number of thioether (sulfide) groups is 1. The van der Waals surface area contributed by atoms with E-state index in [4.69, 9.17) is 9.47 Å². The second-order valence-electron chi connectivity index (χ2n) is 12.8. The molecule has 4 aromatic rings. The summed E-state index contributed by atoms with van der Waals surface area (Å²) < 4.78 is 12.9. The summed E-state index contributed by atoms with van der Waals surface area (Å²) in [4.78, 5) is 58.7. The smallest absolute Gasteiger partial charge is 0.305 e. The van der Waals surface area contributed by atoms with Gasteiger partial charge in [0.25, 0.3) is 5.91 Å². The summed E-state index contributed by atoms with van der Waals surface area (Å²) in [6.45, 7) is 4.05. The van der Waals surface area contributed by atoms with Crippen LogP contribution in [-0.2, 0) is 14.4 Å². The summed E-state index contributed by atoms with van der Waals surface area (Å²) in [5, 5.41) is 3.77. The van der Waals surface area contributed by atoms with E-state index in [-0.39, 0.29) is 64.0 Å². The molecule has 4 aliphatic rings. The van der Waals surface area contributed by atoms with Crippen LogP contribution in [0.2, 0.25) is 0 Å². The zero-order valence-corrected chi connectivity index (χ0v) is 29.3. The number of ether oxygens (including phenoxy) is 2. The number of hydrogen-bond donors (Lipinski definition) is 2. The molecule has 9 nitrogen and oxygen atoms in total. The van der Waals surface area contributed by atoms with Crippen LogP contribution < -0.4 is 24.6 Å². The van der Waals surface area contributed by atoms with Gasteiger partial charge in [-0.15, -0.1) is 11.8 Å². The number of H-pyrrole nitrogens is 1. The van der Waals surface area contributed by atoms with Gasteiger partial charge in [-0.3, -0.25) is 24.1 Å². The summed E-state index contributed by atoms with van der Waals surface area (Å²) in [6, 6.07) is 20.6. The normalized spacial score (nSPS) is 26.6. The molecular formula is C36H32BrN3O6S2. The molecule has 12 heteroatoms. The Bertz CT molecular complexity index is 2010. The van der Waals surface area contributed by atoms with E-state index in [9.17, 15) is 19.2 Å². The predicted octanol–water partition coefficient (Wildman–Crippen LogP) is 6.60. The summed E-state index contributed by atoms with van der Waals surface area (Å²) >= 11 is 6.31. The maximum absolute atomic E-state index is 14.0. The van der Waals surface area contributed by atoms with Gasteiger partial charge < -0.3 is 19.8 Å². The van der Waals surface area contributed by atoms with Gasteiger partial charge in [0.1, 0.15) is 0 Å². The molecule has 2 saturated carbocycles. The molecule has 246 valence electrons. The van der Waals surface area contributed by atoms with Crippen LogP contribution in [0.3, 0.4) is 0 Å². The number of thiazole rings is 1. The van der Waals surface area contributed by atoms with E-state index in [1.54, 1.807) is 23.9 Å². The Labute approximate surface area is 293 Å². The predicted molar refractivity (Wildman–Crippen MR) is 188 cm³/mol. The number of fused-ring (bicyclic) bond motifs is 9. The van der Waals surface area contributed by atoms with E-state index < -0.39 is 5.92 Å². The molecule has 3 aromatic carbocycles.